The molecule has 0 fully saturated rings. The van der Waals surface area contributed by atoms with Crippen LogP contribution in [0.15, 0.2) is 29.3 Å². The molecule has 1 rings (SSSR count). The first-order chi connectivity index (χ1) is 6.22. The van der Waals surface area contributed by atoms with Crippen LogP contribution in [-0.4, -0.2) is 5.84 Å². The van der Waals surface area contributed by atoms with E-state index in [4.69, 9.17) is 5.73 Å². The van der Waals surface area contributed by atoms with Gasteiger partial charge in [-0.3, -0.25) is 4.99 Å². The number of halogens is 1. The number of hydrogen-bond acceptors (Lipinski definition) is 1. The lowest BCUT2D eigenvalue weighted by Crippen LogP contribution is -2.09. The minimum absolute atomic E-state index is 0.226. The molecule has 0 aromatic heterocycles. The summed E-state index contributed by atoms with van der Waals surface area (Å²) in [6.45, 7) is 2.48. The molecule has 2 nitrogen and oxygen atoms in total. The van der Waals surface area contributed by atoms with Crippen LogP contribution < -0.4 is 5.73 Å². The fourth-order valence-corrected chi connectivity index (χ4v) is 0.894. The van der Waals surface area contributed by atoms with Crippen LogP contribution in [0.4, 0.5) is 4.39 Å². The minimum Gasteiger partial charge on any atom is -0.387 e. The van der Waals surface area contributed by atoms with Crippen LogP contribution in [0.1, 0.15) is 18.9 Å². The summed E-state index contributed by atoms with van der Waals surface area (Å²) in [5.41, 5.74) is 6.50. The molecule has 0 radical (unpaired) electrons. The van der Waals surface area contributed by atoms with E-state index in [0.717, 1.165) is 12.0 Å². The molecule has 1 aromatic carbocycles. The van der Waals surface area contributed by atoms with Gasteiger partial charge in [-0.25, -0.2) is 4.39 Å². The SMILES string of the molecule is CCC(N)=NCc1ccc(F)cc1. The van der Waals surface area contributed by atoms with Crippen molar-refractivity contribution in [2.75, 3.05) is 0 Å². The summed E-state index contributed by atoms with van der Waals surface area (Å²) in [5.74, 6) is 0.403. The molecule has 1 aromatic rings. The van der Waals surface area contributed by atoms with Crippen LogP contribution in [0.3, 0.4) is 0 Å². The van der Waals surface area contributed by atoms with Crippen molar-refractivity contribution in [1.29, 1.82) is 0 Å². The maximum absolute atomic E-state index is 12.5. The highest BCUT2D eigenvalue weighted by Gasteiger charge is 1.92. The molecule has 0 aliphatic heterocycles. The fraction of sp³-hybridized carbons (Fsp3) is 0.300. The smallest absolute Gasteiger partial charge is 0.123 e. The predicted octanol–water partition coefficient (Wildman–Crippen LogP) is 2.09. The monoisotopic (exact) mass is 180 g/mol. The number of nitrogens with zero attached hydrogens (tertiary/aromatic N) is 1. The van der Waals surface area contributed by atoms with Gasteiger partial charge in [0.2, 0.25) is 0 Å². The van der Waals surface area contributed by atoms with E-state index in [2.05, 4.69) is 4.99 Å². The van der Waals surface area contributed by atoms with Crippen molar-refractivity contribution in [1.82, 2.24) is 0 Å². The molecule has 3 heteroatoms. The second-order valence-electron chi connectivity index (χ2n) is 2.79. The molecular formula is C10H13FN2. The summed E-state index contributed by atoms with van der Waals surface area (Å²) >= 11 is 0. The van der Waals surface area contributed by atoms with Crippen LogP contribution in [-0.2, 0) is 6.54 Å². The number of rotatable bonds is 3. The Bertz CT molecular complexity index is 290. The minimum atomic E-state index is -0.226. The number of hydrogen-bond donors (Lipinski definition) is 1. The number of benzene rings is 1. The summed E-state index contributed by atoms with van der Waals surface area (Å²) < 4.78 is 12.5. The molecule has 13 heavy (non-hydrogen) atoms. The lowest BCUT2D eigenvalue weighted by molar-refractivity contribution is 0.627. The molecular weight excluding hydrogens is 167 g/mol. The molecule has 0 aliphatic rings. The average Bonchev–Trinajstić information content (AvgIpc) is 2.16. The van der Waals surface area contributed by atoms with E-state index in [1.54, 1.807) is 12.1 Å². The fourth-order valence-electron chi connectivity index (χ4n) is 0.894. The average molecular weight is 180 g/mol. The van der Waals surface area contributed by atoms with Crippen molar-refractivity contribution in [3.8, 4) is 0 Å². The first-order valence-corrected chi connectivity index (χ1v) is 4.25. The number of amidine groups is 1. The first kappa shape index (κ1) is 9.71. The summed E-state index contributed by atoms with van der Waals surface area (Å²) in [5, 5.41) is 0. The third-order valence-corrected chi connectivity index (χ3v) is 1.74. The van der Waals surface area contributed by atoms with Crippen molar-refractivity contribution in [2.24, 2.45) is 10.7 Å². The van der Waals surface area contributed by atoms with Crippen LogP contribution in [0, 0.1) is 5.82 Å². The van der Waals surface area contributed by atoms with Crippen LogP contribution in [0.25, 0.3) is 0 Å². The lowest BCUT2D eigenvalue weighted by atomic mass is 10.2. The third kappa shape index (κ3) is 3.23. The molecule has 0 unspecified atom stereocenters. The Hall–Kier alpha value is -1.38. The van der Waals surface area contributed by atoms with Gasteiger partial charge in [0, 0.05) is 6.42 Å². The van der Waals surface area contributed by atoms with E-state index in [1.807, 2.05) is 6.92 Å². The Morgan fingerprint density at radius 3 is 2.54 bits per heavy atom. The molecule has 0 heterocycles. The summed E-state index contributed by atoms with van der Waals surface area (Å²) in [7, 11) is 0. The molecule has 0 aliphatic carbocycles. The molecule has 0 spiro atoms. The second kappa shape index (κ2) is 4.60. The summed E-state index contributed by atoms with van der Waals surface area (Å²) in [4.78, 5) is 4.11. The van der Waals surface area contributed by atoms with Gasteiger partial charge in [-0.1, -0.05) is 19.1 Å². The topological polar surface area (TPSA) is 38.4 Å². The third-order valence-electron chi connectivity index (χ3n) is 1.74. The zero-order valence-electron chi connectivity index (χ0n) is 7.63. The van der Waals surface area contributed by atoms with Crippen LogP contribution in [0.5, 0.6) is 0 Å². The van der Waals surface area contributed by atoms with Crippen molar-refractivity contribution in [3.05, 3.63) is 35.6 Å². The van der Waals surface area contributed by atoms with E-state index in [0.29, 0.717) is 12.4 Å². The van der Waals surface area contributed by atoms with Gasteiger partial charge in [-0.05, 0) is 17.7 Å². The summed E-state index contributed by atoms with van der Waals surface area (Å²) in [6.07, 6.45) is 0.751. The molecule has 2 N–H and O–H groups in total. The number of nitrogens with two attached hydrogens (primary N) is 1. The molecule has 0 saturated carbocycles. The first-order valence-electron chi connectivity index (χ1n) is 4.25. The van der Waals surface area contributed by atoms with E-state index in [9.17, 15) is 4.39 Å². The van der Waals surface area contributed by atoms with Crippen molar-refractivity contribution in [2.45, 2.75) is 19.9 Å². The van der Waals surface area contributed by atoms with Crippen LogP contribution >= 0.6 is 0 Å². The molecule has 0 saturated heterocycles. The Kier molecular flexibility index (Phi) is 3.43. The molecule has 0 amide bonds. The Morgan fingerprint density at radius 1 is 1.38 bits per heavy atom. The standard InChI is InChI=1S/C10H13FN2/c1-2-10(12)13-7-8-3-5-9(11)6-4-8/h3-6H,2,7H2,1H3,(H2,12,13). The van der Waals surface area contributed by atoms with Crippen LogP contribution in [0.2, 0.25) is 0 Å². The van der Waals surface area contributed by atoms with E-state index in [-0.39, 0.29) is 5.82 Å². The van der Waals surface area contributed by atoms with Gasteiger partial charge < -0.3 is 5.73 Å². The zero-order valence-corrected chi connectivity index (χ0v) is 7.63. The van der Waals surface area contributed by atoms with E-state index in [1.165, 1.54) is 12.1 Å². The second-order valence-corrected chi connectivity index (χ2v) is 2.79. The highest BCUT2D eigenvalue weighted by atomic mass is 19.1. The molecule has 0 bridgehead atoms. The van der Waals surface area contributed by atoms with Gasteiger partial charge in [0.15, 0.2) is 0 Å². The normalized spacial score (nSPS) is 11.7. The largest absolute Gasteiger partial charge is 0.387 e. The van der Waals surface area contributed by atoms with E-state index >= 15 is 0 Å². The van der Waals surface area contributed by atoms with Crippen molar-refractivity contribution >= 4 is 5.84 Å². The highest BCUT2D eigenvalue weighted by molar-refractivity contribution is 5.79. The van der Waals surface area contributed by atoms with Gasteiger partial charge >= 0.3 is 0 Å². The van der Waals surface area contributed by atoms with Gasteiger partial charge in [-0.15, -0.1) is 0 Å². The lowest BCUT2D eigenvalue weighted by Gasteiger charge is -1.97. The zero-order chi connectivity index (χ0) is 9.68. The maximum Gasteiger partial charge on any atom is 0.123 e. The Labute approximate surface area is 77.3 Å². The summed E-state index contributed by atoms with van der Waals surface area (Å²) in [6, 6.07) is 6.27. The highest BCUT2D eigenvalue weighted by Crippen LogP contribution is 2.03. The van der Waals surface area contributed by atoms with Gasteiger partial charge in [0.25, 0.3) is 0 Å². The number of aliphatic imine (C=N–C) groups is 1. The van der Waals surface area contributed by atoms with Crippen molar-refractivity contribution < 1.29 is 4.39 Å². The van der Waals surface area contributed by atoms with E-state index < -0.39 is 0 Å². The maximum atomic E-state index is 12.5. The Morgan fingerprint density at radius 2 is 2.00 bits per heavy atom. The Balaban J connectivity index is 2.60. The molecule has 0 atom stereocenters. The predicted molar refractivity (Wildman–Crippen MR) is 52.0 cm³/mol. The van der Waals surface area contributed by atoms with Crippen molar-refractivity contribution in [3.63, 3.8) is 0 Å². The van der Waals surface area contributed by atoms with Gasteiger partial charge in [0.1, 0.15) is 5.82 Å². The van der Waals surface area contributed by atoms with Gasteiger partial charge in [0.05, 0.1) is 12.4 Å². The van der Waals surface area contributed by atoms with Gasteiger partial charge in [-0.2, -0.15) is 0 Å². The quantitative estimate of drug-likeness (QED) is 0.561. The molecule has 70 valence electrons.